The molecule has 2 N–H and O–H groups in total. The van der Waals surface area contributed by atoms with Crippen LogP contribution in [0.3, 0.4) is 0 Å². The molecule has 0 aliphatic carbocycles. The lowest BCUT2D eigenvalue weighted by Gasteiger charge is -2.06. The van der Waals surface area contributed by atoms with E-state index in [2.05, 4.69) is 10.0 Å². The first kappa shape index (κ1) is 18.8. The minimum atomic E-state index is -3.30. The van der Waals surface area contributed by atoms with Crippen LogP contribution in [0.25, 0.3) is 10.1 Å². The Morgan fingerprint density at radius 3 is 2.38 bits per heavy atom. The first-order valence-corrected chi connectivity index (χ1v) is 10.7. The Bertz CT molecular complexity index is 1040. The Labute approximate surface area is 161 Å². The van der Waals surface area contributed by atoms with Crippen molar-refractivity contribution in [1.82, 2.24) is 10.0 Å². The molecule has 0 saturated carbocycles. The van der Waals surface area contributed by atoms with Crippen LogP contribution in [0.5, 0.6) is 0 Å². The molecule has 3 aromatic rings. The van der Waals surface area contributed by atoms with Crippen LogP contribution in [0.2, 0.25) is 5.02 Å². The summed E-state index contributed by atoms with van der Waals surface area (Å²) in [7, 11) is -1.91. The predicted molar refractivity (Wildman–Crippen MR) is 106 cm³/mol. The number of halogens is 1. The minimum Gasteiger partial charge on any atom is -0.347 e. The molecule has 3 rings (SSSR count). The van der Waals surface area contributed by atoms with Crippen molar-refractivity contribution in [3.8, 4) is 0 Å². The van der Waals surface area contributed by atoms with Gasteiger partial charge in [-0.3, -0.25) is 4.79 Å². The van der Waals surface area contributed by atoms with E-state index >= 15 is 0 Å². The summed E-state index contributed by atoms with van der Waals surface area (Å²) in [6.45, 7) is 0.336. The molecule has 0 spiro atoms. The van der Waals surface area contributed by atoms with Crippen LogP contribution in [0.15, 0.2) is 48.5 Å². The third-order valence-electron chi connectivity index (χ3n) is 3.88. The zero-order valence-electron chi connectivity index (χ0n) is 14.0. The number of carbonyl (C=O) groups excluding carboxylic acids is 1. The van der Waals surface area contributed by atoms with Crippen LogP contribution in [0.4, 0.5) is 0 Å². The van der Waals surface area contributed by atoms with Crippen LogP contribution in [-0.2, 0) is 22.3 Å². The zero-order valence-corrected chi connectivity index (χ0v) is 16.3. The number of sulfonamides is 1. The number of rotatable bonds is 6. The number of fused-ring (bicyclic) bond motifs is 1. The Balaban J connectivity index is 1.66. The highest BCUT2D eigenvalue weighted by atomic mass is 35.5. The Morgan fingerprint density at radius 1 is 1.08 bits per heavy atom. The van der Waals surface area contributed by atoms with Crippen molar-refractivity contribution < 1.29 is 13.2 Å². The zero-order chi connectivity index (χ0) is 18.7. The summed E-state index contributed by atoms with van der Waals surface area (Å²) < 4.78 is 26.4. The van der Waals surface area contributed by atoms with Crippen molar-refractivity contribution in [2.45, 2.75) is 12.3 Å². The molecule has 0 atom stereocenters. The van der Waals surface area contributed by atoms with Crippen LogP contribution in [0, 0.1) is 0 Å². The summed E-state index contributed by atoms with van der Waals surface area (Å²) in [6.07, 6.45) is 0. The molecule has 26 heavy (non-hydrogen) atoms. The van der Waals surface area contributed by atoms with Gasteiger partial charge in [0.2, 0.25) is 10.0 Å². The monoisotopic (exact) mass is 408 g/mol. The van der Waals surface area contributed by atoms with E-state index in [1.165, 1.54) is 18.4 Å². The van der Waals surface area contributed by atoms with E-state index in [4.69, 9.17) is 11.6 Å². The Kier molecular flexibility index (Phi) is 5.62. The van der Waals surface area contributed by atoms with Gasteiger partial charge in [0, 0.05) is 16.6 Å². The summed E-state index contributed by atoms with van der Waals surface area (Å²) in [5.41, 5.74) is 1.56. The molecule has 0 bridgehead atoms. The van der Waals surface area contributed by atoms with Gasteiger partial charge in [0.05, 0.1) is 10.8 Å². The lowest BCUT2D eigenvalue weighted by molar-refractivity contribution is 0.0955. The second-order valence-corrected chi connectivity index (χ2v) is 9.06. The first-order valence-electron chi connectivity index (χ1n) is 7.84. The van der Waals surface area contributed by atoms with Gasteiger partial charge in [0.1, 0.15) is 4.88 Å². The van der Waals surface area contributed by atoms with Crippen LogP contribution in [-0.4, -0.2) is 21.4 Å². The highest BCUT2D eigenvalue weighted by molar-refractivity contribution is 7.88. The Morgan fingerprint density at radius 2 is 1.73 bits per heavy atom. The second-order valence-electron chi connectivity index (χ2n) is 5.70. The highest BCUT2D eigenvalue weighted by Gasteiger charge is 2.16. The number of nitrogens with one attached hydrogen (secondary N) is 2. The average Bonchev–Trinajstić information content (AvgIpc) is 2.98. The molecular weight excluding hydrogens is 392 g/mol. The molecule has 1 aromatic heterocycles. The molecule has 136 valence electrons. The van der Waals surface area contributed by atoms with Crippen molar-refractivity contribution in [3.05, 3.63) is 69.6 Å². The van der Waals surface area contributed by atoms with E-state index < -0.39 is 10.0 Å². The molecular formula is C18H17ClN2O3S2. The van der Waals surface area contributed by atoms with Gasteiger partial charge in [0.15, 0.2) is 0 Å². The maximum atomic E-state index is 12.4. The number of hydrogen-bond acceptors (Lipinski definition) is 4. The molecule has 0 saturated heterocycles. The summed E-state index contributed by atoms with van der Waals surface area (Å²) in [6, 6.07) is 14.7. The lowest BCUT2D eigenvalue weighted by atomic mass is 10.1. The van der Waals surface area contributed by atoms with Crippen molar-refractivity contribution >= 4 is 49.0 Å². The maximum Gasteiger partial charge on any atom is 0.263 e. The molecule has 0 radical (unpaired) electrons. The van der Waals surface area contributed by atoms with Crippen LogP contribution in [0.1, 0.15) is 20.8 Å². The van der Waals surface area contributed by atoms with Gasteiger partial charge < -0.3 is 5.32 Å². The second kappa shape index (κ2) is 7.75. The van der Waals surface area contributed by atoms with Crippen LogP contribution >= 0.6 is 22.9 Å². The van der Waals surface area contributed by atoms with Gasteiger partial charge in [-0.1, -0.05) is 54.1 Å². The molecule has 1 heterocycles. The molecule has 0 unspecified atom stereocenters. The van der Waals surface area contributed by atoms with Gasteiger partial charge in [-0.15, -0.1) is 11.3 Å². The fourth-order valence-electron chi connectivity index (χ4n) is 2.47. The summed E-state index contributed by atoms with van der Waals surface area (Å²) in [4.78, 5) is 12.9. The highest BCUT2D eigenvalue weighted by Crippen LogP contribution is 2.34. The van der Waals surface area contributed by atoms with Gasteiger partial charge in [-0.2, -0.15) is 0 Å². The maximum absolute atomic E-state index is 12.4. The van der Waals surface area contributed by atoms with E-state index in [0.717, 1.165) is 15.6 Å². The molecule has 0 aliphatic heterocycles. The normalized spacial score (nSPS) is 11.6. The number of carbonyl (C=O) groups is 1. The number of benzene rings is 2. The van der Waals surface area contributed by atoms with Crippen molar-refractivity contribution in [2.24, 2.45) is 0 Å². The molecule has 8 heteroatoms. The average molecular weight is 409 g/mol. The fourth-order valence-corrected chi connectivity index (χ4v) is 4.68. The molecule has 0 fully saturated rings. The third-order valence-corrected chi connectivity index (χ3v) is 6.89. The molecule has 1 amide bonds. The summed E-state index contributed by atoms with van der Waals surface area (Å²) in [5, 5.41) is 4.20. The van der Waals surface area contributed by atoms with Gasteiger partial charge in [-0.25, -0.2) is 13.1 Å². The number of amides is 1. The van der Waals surface area contributed by atoms with E-state index in [1.54, 1.807) is 24.3 Å². The van der Waals surface area contributed by atoms with Crippen molar-refractivity contribution in [3.63, 3.8) is 0 Å². The van der Waals surface area contributed by atoms with E-state index in [9.17, 15) is 13.2 Å². The van der Waals surface area contributed by atoms with Crippen molar-refractivity contribution in [1.29, 1.82) is 0 Å². The smallest absolute Gasteiger partial charge is 0.263 e. The number of thiophene rings is 1. The van der Waals surface area contributed by atoms with Gasteiger partial charge in [-0.05, 0) is 24.2 Å². The quantitative estimate of drug-likeness (QED) is 0.655. The number of hydrogen-bond donors (Lipinski definition) is 2. The lowest BCUT2D eigenvalue weighted by Crippen LogP contribution is -2.22. The topological polar surface area (TPSA) is 75.3 Å². The van der Waals surface area contributed by atoms with E-state index in [1.807, 2.05) is 24.3 Å². The largest absolute Gasteiger partial charge is 0.347 e. The van der Waals surface area contributed by atoms with Crippen molar-refractivity contribution in [2.75, 3.05) is 7.05 Å². The Hall–Kier alpha value is -1.93. The fraction of sp³-hybridized carbons (Fsp3) is 0.167. The van der Waals surface area contributed by atoms with Crippen LogP contribution < -0.4 is 10.0 Å². The molecule has 5 nitrogen and oxygen atoms in total. The SMILES string of the molecule is CNS(=O)(=O)Cc1ccc(CNC(=O)c2sc3ccccc3c2Cl)cc1. The van der Waals surface area contributed by atoms with E-state index in [0.29, 0.717) is 22.0 Å². The predicted octanol–water partition coefficient (Wildman–Crippen LogP) is 3.53. The molecule has 0 aliphatic rings. The first-order chi connectivity index (χ1) is 12.4. The third kappa shape index (κ3) is 4.24. The summed E-state index contributed by atoms with van der Waals surface area (Å²) in [5.74, 6) is -0.300. The van der Waals surface area contributed by atoms with Gasteiger partial charge in [0.25, 0.3) is 5.91 Å². The minimum absolute atomic E-state index is 0.0759. The summed E-state index contributed by atoms with van der Waals surface area (Å²) >= 11 is 7.68. The van der Waals surface area contributed by atoms with Gasteiger partial charge >= 0.3 is 0 Å². The standard InChI is InChI=1S/C18H17ClN2O3S2/c1-20-26(23,24)11-13-8-6-12(7-9-13)10-21-18(22)17-16(19)14-4-2-3-5-15(14)25-17/h2-9,20H,10-11H2,1H3,(H,21,22). The molecule has 2 aromatic carbocycles. The van der Waals surface area contributed by atoms with E-state index in [-0.39, 0.29) is 11.7 Å².